The van der Waals surface area contributed by atoms with Crippen molar-refractivity contribution in [2.75, 3.05) is 0 Å². The molecule has 2 nitrogen and oxygen atoms in total. The average Bonchev–Trinajstić information content (AvgIpc) is 2.57. The first-order valence-electron chi connectivity index (χ1n) is 5.70. The quantitative estimate of drug-likeness (QED) is 0.228. The summed E-state index contributed by atoms with van der Waals surface area (Å²) in [5.74, 6) is -0.198. The van der Waals surface area contributed by atoms with Crippen LogP contribution in [0.25, 0.3) is 0 Å². The van der Waals surface area contributed by atoms with Crippen LogP contribution in [0, 0.1) is 12.8 Å². The first kappa shape index (κ1) is 17.8. The molecule has 18 heavy (non-hydrogen) atoms. The molecule has 6 heteroatoms. The second-order valence-electron chi connectivity index (χ2n) is 4.95. The van der Waals surface area contributed by atoms with E-state index in [0.717, 1.165) is 16.1 Å². The van der Waals surface area contributed by atoms with Gasteiger partial charge in [0.15, 0.2) is 5.79 Å². The van der Waals surface area contributed by atoms with Crippen LogP contribution in [0.3, 0.4) is 0 Å². The van der Waals surface area contributed by atoms with Crippen LogP contribution in [0.2, 0.25) is 0 Å². The molecule has 2 unspecified atom stereocenters. The predicted molar refractivity (Wildman–Crippen MR) is 78.1 cm³/mol. The van der Waals surface area contributed by atoms with Gasteiger partial charge in [0.2, 0.25) is 0 Å². The first-order chi connectivity index (χ1) is 7.78. The Labute approximate surface area is 169 Å². The molecule has 0 aromatic carbocycles. The summed E-state index contributed by atoms with van der Waals surface area (Å²) in [5.41, 5.74) is 1.99. The summed E-state index contributed by atoms with van der Waals surface area (Å²) < 4.78 is 19.5. The average molecular weight is 406 g/mol. The third kappa shape index (κ3) is 2.73. The zero-order valence-electron chi connectivity index (χ0n) is 11.7. The van der Waals surface area contributed by atoms with E-state index in [1.165, 1.54) is 17.5 Å². The molecule has 1 aromatic rings. The minimum atomic E-state index is -1.42. The Morgan fingerprint density at radius 2 is 2.11 bits per heavy atom. The Morgan fingerprint density at radius 1 is 1.56 bits per heavy atom. The van der Waals surface area contributed by atoms with E-state index >= 15 is 4.39 Å². The van der Waals surface area contributed by atoms with Crippen molar-refractivity contribution in [3.05, 3.63) is 22.1 Å². The van der Waals surface area contributed by atoms with E-state index in [0.29, 0.717) is 0 Å². The fourth-order valence-corrected chi connectivity index (χ4v) is 5.02. The van der Waals surface area contributed by atoms with Crippen LogP contribution >= 0.6 is 34.1 Å². The number of fused-ring (bicyclic) bond motifs is 1. The van der Waals surface area contributed by atoms with Gasteiger partial charge in [-0.05, 0) is 25.6 Å². The maximum absolute atomic E-state index is 15.1. The number of halogens is 2. The van der Waals surface area contributed by atoms with E-state index in [4.69, 9.17) is 0 Å². The summed E-state index contributed by atoms with van der Waals surface area (Å²) >= 11 is 3.62. The standard InChI is InChI=1S/C12H17FIN2S.K/c1-6(2)16-11(14)7(3)9-8(4)15-17-10(9)12(16,5)13;/h6,11H,1-5H3;/q-1;+1. The molecular weight excluding hydrogens is 389 g/mol. The zero-order chi connectivity index (χ0) is 13.0. The molecular formula is C12H17FIKN2S. The Bertz CT molecular complexity index is 436. The van der Waals surface area contributed by atoms with Crippen molar-refractivity contribution in [1.82, 2.24) is 9.27 Å². The molecule has 0 bridgehead atoms. The second kappa shape index (κ2) is 6.25. The number of nitrogens with zero attached hydrogens (tertiary/aromatic N) is 2. The van der Waals surface area contributed by atoms with E-state index in [-0.39, 0.29) is 61.5 Å². The van der Waals surface area contributed by atoms with Crippen LogP contribution in [0.5, 0.6) is 0 Å². The summed E-state index contributed by atoms with van der Waals surface area (Å²) in [6.45, 7) is 9.78. The third-order valence-electron chi connectivity index (χ3n) is 3.31. The molecule has 0 aliphatic carbocycles. The van der Waals surface area contributed by atoms with Crippen molar-refractivity contribution < 1.29 is 55.8 Å². The maximum Gasteiger partial charge on any atom is 1.00 e. The van der Waals surface area contributed by atoms with Crippen molar-refractivity contribution in [1.29, 1.82) is 0 Å². The molecule has 2 atom stereocenters. The molecule has 0 fully saturated rings. The summed E-state index contributed by atoms with van der Waals surface area (Å²) in [5, 5.41) is 0. The molecule has 96 valence electrons. The van der Waals surface area contributed by atoms with E-state index in [1.807, 2.05) is 25.7 Å². The molecule has 0 radical (unpaired) electrons. The number of hydrogen-bond acceptors (Lipinski definition) is 3. The molecule has 1 aromatic heterocycles. The van der Waals surface area contributed by atoms with Gasteiger partial charge in [-0.25, -0.2) is 4.39 Å². The van der Waals surface area contributed by atoms with Crippen LogP contribution in [0.4, 0.5) is 4.39 Å². The number of aryl methyl sites for hydroxylation is 1. The van der Waals surface area contributed by atoms with E-state index in [2.05, 4.69) is 33.9 Å². The second-order valence-corrected chi connectivity index (χ2v) is 6.90. The van der Waals surface area contributed by atoms with Gasteiger partial charge in [-0.15, -0.1) is 23.0 Å². The third-order valence-corrected chi connectivity index (χ3v) is 5.97. The van der Waals surface area contributed by atoms with Gasteiger partial charge in [0.1, 0.15) is 0 Å². The molecule has 0 saturated heterocycles. The predicted octanol–water partition coefficient (Wildman–Crippen LogP) is 1.03. The molecule has 1 aliphatic rings. The maximum atomic E-state index is 15.1. The molecule has 2 heterocycles. The number of hydrogen-bond donors (Lipinski definition) is 0. The first-order valence-corrected chi connectivity index (χ1v) is 7.72. The summed E-state index contributed by atoms with van der Waals surface area (Å²) in [6, 6.07) is 0.164. The number of aromatic nitrogens is 1. The number of rotatable bonds is 1. The smallest absolute Gasteiger partial charge is 0.275 e. The molecule has 0 N–H and O–H groups in total. The minimum Gasteiger partial charge on any atom is -0.275 e. The molecule has 2 rings (SSSR count). The van der Waals surface area contributed by atoms with Gasteiger partial charge in [0, 0.05) is 10.1 Å². The summed E-state index contributed by atoms with van der Waals surface area (Å²) in [6.07, 6.45) is 0. The molecule has 0 saturated carbocycles. The van der Waals surface area contributed by atoms with E-state index < -0.39 is 5.79 Å². The summed E-state index contributed by atoms with van der Waals surface area (Å²) in [4.78, 5) is 2.68. The molecule has 0 spiro atoms. The Hall–Kier alpha value is 1.76. The molecule has 1 aliphatic heterocycles. The van der Waals surface area contributed by atoms with Gasteiger partial charge in [-0.2, -0.15) is 0 Å². The van der Waals surface area contributed by atoms with Crippen molar-refractivity contribution >= 4 is 34.1 Å². The van der Waals surface area contributed by atoms with Gasteiger partial charge in [0.25, 0.3) is 0 Å². The van der Waals surface area contributed by atoms with E-state index in [9.17, 15) is 0 Å². The summed E-state index contributed by atoms with van der Waals surface area (Å²) in [7, 11) is 0. The normalized spacial score (nSPS) is 28.2. The van der Waals surface area contributed by atoms with Crippen LogP contribution < -0.4 is 51.4 Å². The Balaban J connectivity index is 0.00000162. The minimum absolute atomic E-state index is 0. The van der Waals surface area contributed by atoms with Crippen molar-refractivity contribution in [3.63, 3.8) is 0 Å². The molecule has 0 amide bonds. The topological polar surface area (TPSA) is 16.1 Å². The van der Waals surface area contributed by atoms with Gasteiger partial charge in [-0.1, -0.05) is 42.1 Å². The van der Waals surface area contributed by atoms with Crippen molar-refractivity contribution in [3.8, 4) is 0 Å². The van der Waals surface area contributed by atoms with Gasteiger partial charge >= 0.3 is 51.4 Å². The largest absolute Gasteiger partial charge is 1.00 e. The van der Waals surface area contributed by atoms with Crippen LogP contribution in [0.15, 0.2) is 0 Å². The van der Waals surface area contributed by atoms with Gasteiger partial charge in [-0.3, -0.25) is 9.27 Å². The van der Waals surface area contributed by atoms with E-state index in [1.54, 1.807) is 6.92 Å². The Morgan fingerprint density at radius 3 is 2.61 bits per heavy atom. The fourth-order valence-electron chi connectivity index (χ4n) is 2.55. The van der Waals surface area contributed by atoms with Crippen LogP contribution in [-0.4, -0.2) is 19.4 Å². The Kier molecular flexibility index (Phi) is 6.18. The zero-order valence-corrected chi connectivity index (χ0v) is 17.8. The van der Waals surface area contributed by atoms with Crippen LogP contribution in [-0.2, 0) is 5.79 Å². The van der Waals surface area contributed by atoms with Crippen molar-refractivity contribution in [2.45, 2.75) is 50.5 Å². The van der Waals surface area contributed by atoms with Crippen molar-refractivity contribution in [2.24, 2.45) is 0 Å². The monoisotopic (exact) mass is 406 g/mol. The number of alkyl halides is 2. The fraction of sp³-hybridized carbons (Fsp3) is 0.667. The van der Waals surface area contributed by atoms with Gasteiger partial charge in [0.05, 0.1) is 0 Å². The SMILES string of the molecule is Cc1nsc2c1[C-](C)C(I)N(C(C)C)C2(C)F.[K+]. The van der Waals surface area contributed by atoms with Crippen LogP contribution in [0.1, 0.15) is 43.8 Å². The van der Waals surface area contributed by atoms with Gasteiger partial charge < -0.3 is 0 Å².